The minimum atomic E-state index is -0.448. The van der Waals surface area contributed by atoms with Gasteiger partial charge in [0.15, 0.2) is 11.5 Å². The Morgan fingerprint density at radius 3 is 2.54 bits per heavy atom. The summed E-state index contributed by atoms with van der Waals surface area (Å²) in [5, 5.41) is 3.68. The second-order valence-corrected chi connectivity index (χ2v) is 6.58. The highest BCUT2D eigenvalue weighted by Gasteiger charge is 2.21. The van der Waals surface area contributed by atoms with Crippen molar-refractivity contribution in [1.29, 1.82) is 0 Å². The Labute approximate surface area is 160 Å². The number of ether oxygens (including phenoxy) is 2. The molecular weight excluding hydrogens is 398 g/mol. The third-order valence-electron chi connectivity index (χ3n) is 3.76. The van der Waals surface area contributed by atoms with Crippen LogP contribution < -0.4 is 9.47 Å². The van der Waals surface area contributed by atoms with Crippen LogP contribution in [0.1, 0.15) is 25.0 Å². The number of rotatable bonds is 6. The number of benzene rings is 2. The van der Waals surface area contributed by atoms with Crippen molar-refractivity contribution >= 4 is 33.7 Å². The van der Waals surface area contributed by atoms with Gasteiger partial charge in [0.05, 0.1) is 17.9 Å². The van der Waals surface area contributed by atoms with Gasteiger partial charge in [-0.15, -0.1) is 0 Å². The van der Waals surface area contributed by atoms with Gasteiger partial charge in [-0.2, -0.15) is 0 Å². The van der Waals surface area contributed by atoms with Gasteiger partial charge in [-0.05, 0) is 55.3 Å². The lowest BCUT2D eigenvalue weighted by molar-refractivity contribution is -0.136. The van der Waals surface area contributed by atoms with Gasteiger partial charge in [-0.1, -0.05) is 39.3 Å². The molecule has 0 unspecified atom stereocenters. The van der Waals surface area contributed by atoms with Gasteiger partial charge in [0.2, 0.25) is 0 Å². The number of carbonyl (C=O) groups is 1. The minimum Gasteiger partial charge on any atom is -0.490 e. The maximum atomic E-state index is 11.7. The van der Waals surface area contributed by atoms with Crippen molar-refractivity contribution in [2.45, 2.75) is 20.5 Å². The first kappa shape index (κ1) is 18.2. The number of nitrogens with zero attached hydrogens (tertiary/aromatic N) is 1. The number of halogens is 1. The molecule has 2 aromatic rings. The van der Waals surface area contributed by atoms with E-state index in [1.165, 1.54) is 0 Å². The minimum absolute atomic E-state index is 0.436. The van der Waals surface area contributed by atoms with Crippen molar-refractivity contribution in [2.24, 2.45) is 5.16 Å². The molecule has 3 rings (SSSR count). The first-order chi connectivity index (χ1) is 12.6. The van der Waals surface area contributed by atoms with Gasteiger partial charge >= 0.3 is 5.97 Å². The quantitative estimate of drug-likeness (QED) is 0.504. The summed E-state index contributed by atoms with van der Waals surface area (Å²) >= 11 is 3.42. The number of carbonyl (C=O) groups excluding carboxylic acids is 1. The van der Waals surface area contributed by atoms with E-state index in [1.54, 1.807) is 13.0 Å². The Hall–Kier alpha value is -2.60. The van der Waals surface area contributed by atoms with Gasteiger partial charge in [-0.3, -0.25) is 0 Å². The number of hydrogen-bond acceptors (Lipinski definition) is 5. The fourth-order valence-corrected chi connectivity index (χ4v) is 2.69. The van der Waals surface area contributed by atoms with E-state index in [2.05, 4.69) is 25.9 Å². The normalized spacial score (nSPS) is 15.0. The Morgan fingerprint density at radius 1 is 1.12 bits per heavy atom. The Morgan fingerprint density at radius 2 is 1.88 bits per heavy atom. The fraction of sp³-hybridized carbons (Fsp3) is 0.200. The summed E-state index contributed by atoms with van der Waals surface area (Å²) in [7, 11) is 0. The zero-order chi connectivity index (χ0) is 18.5. The molecule has 0 radical (unpaired) electrons. The standard InChI is InChI=1S/C20H18BrNO4/c1-3-24-19-11-15(10-17-13(2)22-26-20(17)23)6-9-18(19)25-12-14-4-7-16(21)8-5-14/h4-11H,3,12H2,1-2H3/b17-10+. The summed E-state index contributed by atoms with van der Waals surface area (Å²) in [5.41, 5.74) is 2.87. The van der Waals surface area contributed by atoms with E-state index in [0.717, 1.165) is 15.6 Å². The summed E-state index contributed by atoms with van der Waals surface area (Å²) in [4.78, 5) is 16.4. The number of oxime groups is 1. The lowest BCUT2D eigenvalue weighted by Gasteiger charge is -2.13. The SMILES string of the molecule is CCOc1cc(/C=C2/C(=O)ON=C2C)ccc1OCc1ccc(Br)cc1. The van der Waals surface area contributed by atoms with E-state index >= 15 is 0 Å². The van der Waals surface area contributed by atoms with E-state index in [1.807, 2.05) is 49.4 Å². The fourth-order valence-electron chi connectivity index (χ4n) is 2.43. The molecule has 0 bridgehead atoms. The molecule has 0 N–H and O–H groups in total. The Bertz CT molecular complexity index is 872. The van der Waals surface area contributed by atoms with Crippen molar-refractivity contribution in [1.82, 2.24) is 0 Å². The van der Waals surface area contributed by atoms with Crippen LogP contribution in [0.4, 0.5) is 0 Å². The molecule has 1 aliphatic heterocycles. The van der Waals surface area contributed by atoms with Gasteiger partial charge in [0.25, 0.3) is 0 Å². The van der Waals surface area contributed by atoms with E-state index < -0.39 is 5.97 Å². The molecule has 0 aromatic heterocycles. The van der Waals surface area contributed by atoms with Gasteiger partial charge < -0.3 is 14.3 Å². The van der Waals surface area contributed by atoms with E-state index in [0.29, 0.717) is 36.0 Å². The van der Waals surface area contributed by atoms with Crippen LogP contribution in [0.5, 0.6) is 11.5 Å². The highest BCUT2D eigenvalue weighted by molar-refractivity contribution is 9.10. The molecule has 26 heavy (non-hydrogen) atoms. The highest BCUT2D eigenvalue weighted by atomic mass is 79.9. The lowest BCUT2D eigenvalue weighted by Crippen LogP contribution is -2.02. The van der Waals surface area contributed by atoms with E-state index in [9.17, 15) is 4.79 Å². The molecule has 0 aliphatic carbocycles. The maximum absolute atomic E-state index is 11.7. The maximum Gasteiger partial charge on any atom is 0.367 e. The molecular formula is C20H18BrNO4. The van der Waals surface area contributed by atoms with Crippen LogP contribution in [0.25, 0.3) is 6.08 Å². The van der Waals surface area contributed by atoms with Crippen LogP contribution in [0.3, 0.4) is 0 Å². The van der Waals surface area contributed by atoms with Gasteiger partial charge in [-0.25, -0.2) is 4.79 Å². The van der Waals surface area contributed by atoms with Gasteiger partial charge in [0, 0.05) is 4.47 Å². The topological polar surface area (TPSA) is 57.1 Å². The smallest absolute Gasteiger partial charge is 0.367 e. The summed E-state index contributed by atoms with van der Waals surface area (Å²) in [5.74, 6) is 0.826. The van der Waals surface area contributed by atoms with Crippen LogP contribution in [-0.4, -0.2) is 18.3 Å². The Kier molecular flexibility index (Phi) is 5.73. The van der Waals surface area contributed by atoms with Crippen LogP contribution in [0, 0.1) is 0 Å². The first-order valence-electron chi connectivity index (χ1n) is 8.19. The van der Waals surface area contributed by atoms with Crippen LogP contribution in [-0.2, 0) is 16.2 Å². The number of hydrogen-bond donors (Lipinski definition) is 0. The van der Waals surface area contributed by atoms with Gasteiger partial charge in [0.1, 0.15) is 6.61 Å². The van der Waals surface area contributed by atoms with Crippen LogP contribution in [0.2, 0.25) is 0 Å². The van der Waals surface area contributed by atoms with Crippen molar-refractivity contribution in [3.8, 4) is 11.5 Å². The zero-order valence-electron chi connectivity index (χ0n) is 14.5. The van der Waals surface area contributed by atoms with Crippen molar-refractivity contribution < 1.29 is 19.1 Å². The second-order valence-electron chi connectivity index (χ2n) is 5.67. The van der Waals surface area contributed by atoms with Crippen molar-refractivity contribution in [2.75, 3.05) is 6.61 Å². The molecule has 0 saturated carbocycles. The van der Waals surface area contributed by atoms with E-state index in [-0.39, 0.29) is 0 Å². The summed E-state index contributed by atoms with van der Waals surface area (Å²) < 4.78 is 12.6. The Balaban J connectivity index is 1.80. The predicted octanol–water partition coefficient (Wildman–Crippen LogP) is 4.74. The monoisotopic (exact) mass is 415 g/mol. The molecule has 0 spiro atoms. The molecule has 1 heterocycles. The average molecular weight is 416 g/mol. The predicted molar refractivity (Wildman–Crippen MR) is 103 cm³/mol. The molecule has 0 fully saturated rings. The first-order valence-corrected chi connectivity index (χ1v) is 8.98. The highest BCUT2D eigenvalue weighted by Crippen LogP contribution is 2.30. The molecule has 6 heteroatoms. The molecule has 2 aromatic carbocycles. The summed E-state index contributed by atoms with van der Waals surface area (Å²) in [6.45, 7) is 4.59. The third-order valence-corrected chi connectivity index (χ3v) is 4.29. The summed E-state index contributed by atoms with van der Waals surface area (Å²) in [6.07, 6.45) is 1.73. The van der Waals surface area contributed by atoms with Crippen molar-refractivity contribution in [3.05, 3.63) is 63.6 Å². The molecule has 1 aliphatic rings. The third kappa shape index (κ3) is 4.32. The lowest BCUT2D eigenvalue weighted by atomic mass is 10.1. The zero-order valence-corrected chi connectivity index (χ0v) is 16.1. The molecule has 5 nitrogen and oxygen atoms in total. The summed E-state index contributed by atoms with van der Waals surface area (Å²) in [6, 6.07) is 13.5. The molecule has 0 atom stereocenters. The largest absolute Gasteiger partial charge is 0.490 e. The van der Waals surface area contributed by atoms with Crippen LogP contribution >= 0.6 is 15.9 Å². The van der Waals surface area contributed by atoms with Crippen LogP contribution in [0.15, 0.2) is 57.7 Å². The van der Waals surface area contributed by atoms with Crippen molar-refractivity contribution in [3.63, 3.8) is 0 Å². The second kappa shape index (κ2) is 8.19. The molecule has 134 valence electrons. The molecule has 0 saturated heterocycles. The molecule has 0 amide bonds. The van der Waals surface area contributed by atoms with E-state index in [4.69, 9.17) is 9.47 Å². The average Bonchev–Trinajstić information content (AvgIpc) is 2.95.